The Balaban J connectivity index is 1.72. The second-order valence-electron chi connectivity index (χ2n) is 8.28. The fourth-order valence-corrected chi connectivity index (χ4v) is 4.33. The van der Waals surface area contributed by atoms with Gasteiger partial charge >= 0.3 is 0 Å². The van der Waals surface area contributed by atoms with Crippen LogP contribution in [0.4, 0.5) is 17.6 Å². The van der Waals surface area contributed by atoms with Gasteiger partial charge in [0.15, 0.2) is 11.4 Å². The van der Waals surface area contributed by atoms with E-state index >= 15 is 0 Å². The summed E-state index contributed by atoms with van der Waals surface area (Å²) in [5, 5.41) is 12.6. The zero-order valence-electron chi connectivity index (χ0n) is 16.9. The van der Waals surface area contributed by atoms with Gasteiger partial charge in [0.25, 0.3) is 11.8 Å². The van der Waals surface area contributed by atoms with Crippen molar-refractivity contribution in [3.8, 4) is 5.75 Å². The van der Waals surface area contributed by atoms with E-state index in [2.05, 4.69) is 5.32 Å². The van der Waals surface area contributed by atoms with Crippen LogP contribution in [0.1, 0.15) is 46.2 Å². The lowest BCUT2D eigenvalue weighted by Crippen LogP contribution is -2.52. The van der Waals surface area contributed by atoms with Gasteiger partial charge in [0.2, 0.25) is 5.43 Å². The maximum absolute atomic E-state index is 14.3. The number of aromatic nitrogens is 1. The molecule has 2 N–H and O–H groups in total. The van der Waals surface area contributed by atoms with E-state index in [0.717, 1.165) is 6.20 Å². The summed E-state index contributed by atoms with van der Waals surface area (Å²) >= 11 is 0. The third-order valence-electron chi connectivity index (χ3n) is 5.94. The maximum Gasteiger partial charge on any atom is 0.274 e. The van der Waals surface area contributed by atoms with Crippen LogP contribution in [0, 0.1) is 17.5 Å². The molecule has 1 fully saturated rings. The number of nitrogens with one attached hydrogen (secondary N) is 1. The van der Waals surface area contributed by atoms with Crippen LogP contribution < -0.4 is 10.7 Å². The molecule has 4 rings (SSSR count). The van der Waals surface area contributed by atoms with Gasteiger partial charge in [-0.25, -0.2) is 17.6 Å². The first kappa shape index (κ1) is 21.8. The summed E-state index contributed by atoms with van der Waals surface area (Å²) in [4.78, 5) is 39.4. The monoisotopic (exact) mass is 453 g/mol. The minimum Gasteiger partial charge on any atom is -0.503 e. The zero-order valence-corrected chi connectivity index (χ0v) is 16.9. The lowest BCUT2D eigenvalue weighted by Gasteiger charge is -2.42. The molecule has 2 atom stereocenters. The van der Waals surface area contributed by atoms with Crippen LogP contribution in [0.25, 0.3) is 0 Å². The van der Waals surface area contributed by atoms with Gasteiger partial charge in [0.05, 0.1) is 5.54 Å². The molecule has 11 heteroatoms. The predicted molar refractivity (Wildman–Crippen MR) is 104 cm³/mol. The number of alkyl halides is 1. The van der Waals surface area contributed by atoms with E-state index < -0.39 is 69.8 Å². The molecule has 2 aromatic rings. The quantitative estimate of drug-likeness (QED) is 0.698. The molecule has 2 amide bonds. The van der Waals surface area contributed by atoms with Crippen LogP contribution in [0.5, 0.6) is 5.75 Å². The van der Waals surface area contributed by atoms with Crippen molar-refractivity contribution in [2.75, 3.05) is 13.1 Å². The number of amides is 2. The molecule has 1 aromatic heterocycles. The van der Waals surface area contributed by atoms with Crippen LogP contribution >= 0.6 is 0 Å². The molecule has 2 aliphatic rings. The normalized spacial score (nSPS) is 22.3. The van der Waals surface area contributed by atoms with Crippen molar-refractivity contribution < 1.29 is 32.3 Å². The summed E-state index contributed by atoms with van der Waals surface area (Å²) in [6.07, 6.45) is -0.105. The zero-order chi connectivity index (χ0) is 23.4. The first-order chi connectivity index (χ1) is 15.0. The molecule has 0 saturated carbocycles. The van der Waals surface area contributed by atoms with Gasteiger partial charge in [0.1, 0.15) is 29.2 Å². The summed E-state index contributed by atoms with van der Waals surface area (Å²) < 4.78 is 56.3. The number of carbonyl (C=O) groups is 2. The maximum atomic E-state index is 14.3. The van der Waals surface area contributed by atoms with Gasteiger partial charge in [0, 0.05) is 49.9 Å². The summed E-state index contributed by atoms with van der Waals surface area (Å²) in [6, 6.07) is 0.892. The van der Waals surface area contributed by atoms with Crippen LogP contribution in [0.2, 0.25) is 0 Å². The van der Waals surface area contributed by atoms with Crippen molar-refractivity contribution >= 4 is 11.8 Å². The summed E-state index contributed by atoms with van der Waals surface area (Å²) in [5.74, 6) is -6.28. The molecule has 0 spiro atoms. The lowest BCUT2D eigenvalue weighted by atomic mass is 9.91. The number of benzene rings is 1. The summed E-state index contributed by atoms with van der Waals surface area (Å²) in [7, 11) is 0. The Hall–Kier alpha value is -3.37. The van der Waals surface area contributed by atoms with Crippen LogP contribution in [-0.2, 0) is 12.1 Å². The molecule has 7 nitrogen and oxygen atoms in total. The van der Waals surface area contributed by atoms with E-state index in [1.165, 1.54) is 9.47 Å². The molecule has 1 aromatic carbocycles. The molecular weight excluding hydrogens is 434 g/mol. The highest BCUT2D eigenvalue weighted by Crippen LogP contribution is 2.37. The van der Waals surface area contributed by atoms with Crippen molar-refractivity contribution in [2.45, 2.75) is 38.0 Å². The third-order valence-corrected chi connectivity index (χ3v) is 5.94. The van der Waals surface area contributed by atoms with Crippen molar-refractivity contribution in [1.29, 1.82) is 0 Å². The van der Waals surface area contributed by atoms with Gasteiger partial charge in [-0.3, -0.25) is 14.4 Å². The van der Waals surface area contributed by atoms with Gasteiger partial charge in [-0.1, -0.05) is 0 Å². The lowest BCUT2D eigenvalue weighted by molar-refractivity contribution is 0.0586. The molecule has 0 radical (unpaired) electrons. The van der Waals surface area contributed by atoms with Crippen LogP contribution in [0.15, 0.2) is 23.1 Å². The van der Waals surface area contributed by atoms with E-state index in [0.29, 0.717) is 12.1 Å². The molecule has 2 bridgehead atoms. The SMILES string of the molecule is CC12CC(F)CCN(C1)C(=O)c1c(O)c(=O)c(C(=O)NCc3c(F)cc(F)cc3F)cn12. The second-order valence-corrected chi connectivity index (χ2v) is 8.28. The van der Waals surface area contributed by atoms with Gasteiger partial charge in [-0.2, -0.15) is 0 Å². The number of carbonyl (C=O) groups excluding carboxylic acids is 2. The fraction of sp³-hybridized carbons (Fsp3) is 0.381. The van der Waals surface area contributed by atoms with Crippen molar-refractivity contribution in [2.24, 2.45) is 0 Å². The Morgan fingerprint density at radius 1 is 1.25 bits per heavy atom. The Bertz CT molecular complexity index is 1180. The fourth-order valence-electron chi connectivity index (χ4n) is 4.33. The number of rotatable bonds is 3. The smallest absolute Gasteiger partial charge is 0.274 e. The number of hydrogen-bond acceptors (Lipinski definition) is 4. The minimum atomic E-state index is -1.24. The summed E-state index contributed by atoms with van der Waals surface area (Å²) in [5.41, 5.74) is -3.73. The van der Waals surface area contributed by atoms with E-state index in [4.69, 9.17) is 0 Å². The number of aromatic hydroxyl groups is 1. The molecule has 0 aliphatic carbocycles. The number of nitrogens with zero attached hydrogens (tertiary/aromatic N) is 2. The molecule has 2 unspecified atom stereocenters. The van der Waals surface area contributed by atoms with Crippen LogP contribution in [0.3, 0.4) is 0 Å². The van der Waals surface area contributed by atoms with Crippen molar-refractivity contribution in [3.63, 3.8) is 0 Å². The molecule has 32 heavy (non-hydrogen) atoms. The Morgan fingerprint density at radius 2 is 1.91 bits per heavy atom. The Morgan fingerprint density at radius 3 is 2.56 bits per heavy atom. The standard InChI is InChI=1S/C21H19F4N3O4/c1-21-6-10(22)2-3-27(9-21)20(32)16-18(30)17(29)13(8-28(16)21)19(31)26-7-12-14(24)4-11(23)5-15(12)25/h4-5,8,10,30H,2-3,6-7,9H2,1H3,(H,26,31). The van der Waals surface area contributed by atoms with E-state index in [-0.39, 0.29) is 31.6 Å². The highest BCUT2D eigenvalue weighted by molar-refractivity contribution is 5.99. The third kappa shape index (κ3) is 3.51. The molecule has 2 aliphatic heterocycles. The van der Waals surface area contributed by atoms with Gasteiger partial charge < -0.3 is 19.9 Å². The Labute approximate surface area is 179 Å². The van der Waals surface area contributed by atoms with E-state index in [1.807, 2.05) is 0 Å². The number of pyridine rings is 1. The van der Waals surface area contributed by atoms with Gasteiger partial charge in [-0.15, -0.1) is 0 Å². The molecule has 170 valence electrons. The predicted octanol–water partition coefficient (Wildman–Crippen LogP) is 2.20. The van der Waals surface area contributed by atoms with Crippen LogP contribution in [-0.4, -0.2) is 45.6 Å². The Kier molecular flexibility index (Phi) is 5.22. The number of fused-ring (bicyclic) bond motifs is 4. The minimum absolute atomic E-state index is 0.0147. The average molecular weight is 453 g/mol. The summed E-state index contributed by atoms with van der Waals surface area (Å²) in [6.45, 7) is 1.19. The largest absolute Gasteiger partial charge is 0.503 e. The molecule has 1 saturated heterocycles. The second kappa shape index (κ2) is 7.64. The van der Waals surface area contributed by atoms with Crippen molar-refractivity contribution in [1.82, 2.24) is 14.8 Å². The highest BCUT2D eigenvalue weighted by Gasteiger charge is 2.45. The van der Waals surface area contributed by atoms with E-state index in [1.54, 1.807) is 6.92 Å². The first-order valence-electron chi connectivity index (χ1n) is 9.86. The average Bonchev–Trinajstić information content (AvgIpc) is 2.84. The van der Waals surface area contributed by atoms with E-state index in [9.17, 15) is 37.1 Å². The first-order valence-corrected chi connectivity index (χ1v) is 9.86. The topological polar surface area (TPSA) is 91.6 Å². The molecular formula is C21H19F4N3O4. The van der Waals surface area contributed by atoms with Crippen molar-refractivity contribution in [3.05, 3.63) is 62.8 Å². The van der Waals surface area contributed by atoms with Gasteiger partial charge in [-0.05, 0) is 13.3 Å². The highest BCUT2D eigenvalue weighted by atomic mass is 19.1. The number of halogens is 4. The number of hydrogen-bond donors (Lipinski definition) is 2. The molecule has 3 heterocycles.